The molecule has 2 rings (SSSR count). The third kappa shape index (κ3) is 1.76. The molecular weight excluding hydrogens is 222 g/mol. The normalized spacial score (nSPS) is 11.3. The highest BCUT2D eigenvalue weighted by atomic mass is 35.5. The maximum Gasteiger partial charge on any atom is 0.152 e. The van der Waals surface area contributed by atoms with E-state index in [-0.39, 0.29) is 0 Å². The third-order valence-electron chi connectivity index (χ3n) is 2.84. The van der Waals surface area contributed by atoms with E-state index in [9.17, 15) is 0 Å². The van der Waals surface area contributed by atoms with Gasteiger partial charge in [0, 0.05) is 19.3 Å². The zero-order chi connectivity index (χ0) is 11.7. The van der Waals surface area contributed by atoms with Gasteiger partial charge in [-0.15, -0.1) is 11.6 Å². The zero-order valence-electron chi connectivity index (χ0n) is 9.81. The van der Waals surface area contributed by atoms with E-state index in [4.69, 9.17) is 11.6 Å². The second-order valence-corrected chi connectivity index (χ2v) is 4.42. The van der Waals surface area contributed by atoms with Crippen molar-refractivity contribution in [2.24, 2.45) is 0 Å². The predicted octanol–water partition coefficient (Wildman–Crippen LogP) is 2.92. The molecule has 0 bridgehead atoms. The first kappa shape index (κ1) is 11.3. The highest BCUT2D eigenvalue weighted by Gasteiger charge is 2.16. The minimum atomic E-state index is 0.409. The van der Waals surface area contributed by atoms with Gasteiger partial charge in [-0.05, 0) is 26.0 Å². The Bertz CT molecular complexity index is 490. The molecule has 2 heterocycles. The Hall–Kier alpha value is -1.22. The van der Waals surface area contributed by atoms with Crippen molar-refractivity contribution in [1.29, 1.82) is 0 Å². The van der Waals surface area contributed by atoms with Gasteiger partial charge in [0.1, 0.15) is 5.65 Å². The van der Waals surface area contributed by atoms with E-state index in [0.29, 0.717) is 11.9 Å². The average molecular weight is 238 g/mol. The Labute approximate surface area is 101 Å². The molecule has 16 heavy (non-hydrogen) atoms. The molecule has 3 nitrogen and oxygen atoms in total. The molecule has 0 aliphatic carbocycles. The van der Waals surface area contributed by atoms with E-state index < -0.39 is 0 Å². The van der Waals surface area contributed by atoms with Crippen molar-refractivity contribution in [1.82, 2.24) is 9.38 Å². The van der Waals surface area contributed by atoms with Crippen LogP contribution in [0.5, 0.6) is 0 Å². The number of alkyl halides is 1. The first-order chi connectivity index (χ1) is 7.65. The van der Waals surface area contributed by atoms with Gasteiger partial charge in [0.15, 0.2) is 5.82 Å². The van der Waals surface area contributed by atoms with E-state index in [1.165, 1.54) is 0 Å². The van der Waals surface area contributed by atoms with Crippen molar-refractivity contribution < 1.29 is 0 Å². The molecule has 2 aromatic heterocycles. The Balaban J connectivity index is 2.60. The second-order valence-electron chi connectivity index (χ2n) is 4.15. The molecule has 0 unspecified atom stereocenters. The minimum absolute atomic E-state index is 0.409. The summed E-state index contributed by atoms with van der Waals surface area (Å²) in [6.45, 7) is 4.28. The van der Waals surface area contributed by atoms with Crippen LogP contribution in [0.2, 0.25) is 0 Å². The molecule has 0 saturated heterocycles. The van der Waals surface area contributed by atoms with E-state index in [0.717, 1.165) is 17.2 Å². The van der Waals surface area contributed by atoms with Crippen LogP contribution in [0, 0.1) is 0 Å². The zero-order valence-corrected chi connectivity index (χ0v) is 10.6. The van der Waals surface area contributed by atoms with Gasteiger partial charge >= 0.3 is 0 Å². The first-order valence-electron chi connectivity index (χ1n) is 5.40. The highest BCUT2D eigenvalue weighted by Crippen LogP contribution is 2.23. The van der Waals surface area contributed by atoms with Crippen LogP contribution in [0.1, 0.15) is 19.5 Å². The van der Waals surface area contributed by atoms with Gasteiger partial charge in [-0.2, -0.15) is 0 Å². The minimum Gasteiger partial charge on any atom is -0.356 e. The maximum atomic E-state index is 6.01. The van der Waals surface area contributed by atoms with Gasteiger partial charge < -0.3 is 9.30 Å². The van der Waals surface area contributed by atoms with Gasteiger partial charge in [-0.1, -0.05) is 6.07 Å². The number of anilines is 1. The third-order valence-corrected chi connectivity index (χ3v) is 3.10. The largest absolute Gasteiger partial charge is 0.356 e. The number of fused-ring (bicyclic) bond motifs is 1. The standard InChI is InChI=1S/C12H16ClN3/c1-9(2)15(3)12-10(8-13)16-7-5-4-6-11(16)14-12/h4-7,9H,8H2,1-3H3. The Morgan fingerprint density at radius 3 is 2.81 bits per heavy atom. The fourth-order valence-electron chi connectivity index (χ4n) is 1.69. The lowest BCUT2D eigenvalue weighted by atomic mass is 10.3. The molecule has 0 amide bonds. The van der Waals surface area contributed by atoms with Crippen LogP contribution < -0.4 is 4.90 Å². The summed E-state index contributed by atoms with van der Waals surface area (Å²) >= 11 is 6.01. The van der Waals surface area contributed by atoms with Crippen molar-refractivity contribution in [3.8, 4) is 0 Å². The van der Waals surface area contributed by atoms with Crippen LogP contribution >= 0.6 is 11.6 Å². The van der Waals surface area contributed by atoms with Gasteiger partial charge in [0.25, 0.3) is 0 Å². The molecular formula is C12H16ClN3. The summed E-state index contributed by atoms with van der Waals surface area (Å²) in [5.41, 5.74) is 1.99. The van der Waals surface area contributed by atoms with Crippen LogP contribution in [0.4, 0.5) is 5.82 Å². The summed E-state index contributed by atoms with van der Waals surface area (Å²) in [5, 5.41) is 0. The number of pyridine rings is 1. The van der Waals surface area contributed by atoms with Crippen LogP contribution in [0.3, 0.4) is 0 Å². The molecule has 0 N–H and O–H groups in total. The fourth-order valence-corrected chi connectivity index (χ4v) is 1.93. The summed E-state index contributed by atoms with van der Waals surface area (Å²) in [7, 11) is 2.04. The molecule has 0 aliphatic heterocycles. The molecule has 0 fully saturated rings. The van der Waals surface area contributed by atoms with Crippen LogP contribution in [0.25, 0.3) is 5.65 Å². The van der Waals surface area contributed by atoms with Gasteiger partial charge in [0.2, 0.25) is 0 Å². The summed E-state index contributed by atoms with van der Waals surface area (Å²) in [6.07, 6.45) is 2.00. The van der Waals surface area contributed by atoms with Crippen LogP contribution in [-0.4, -0.2) is 22.5 Å². The van der Waals surface area contributed by atoms with E-state index >= 15 is 0 Å². The van der Waals surface area contributed by atoms with Gasteiger partial charge in [-0.3, -0.25) is 0 Å². The van der Waals surface area contributed by atoms with Crippen molar-refractivity contribution in [2.45, 2.75) is 25.8 Å². The lowest BCUT2D eigenvalue weighted by Gasteiger charge is -2.22. The topological polar surface area (TPSA) is 20.5 Å². The lowest BCUT2D eigenvalue weighted by Crippen LogP contribution is -2.26. The molecule has 0 atom stereocenters. The number of rotatable bonds is 3. The number of hydrogen-bond acceptors (Lipinski definition) is 2. The summed E-state index contributed by atoms with van der Waals surface area (Å²) in [6, 6.07) is 6.38. The molecule has 0 aromatic carbocycles. The van der Waals surface area contributed by atoms with Gasteiger partial charge in [-0.25, -0.2) is 4.98 Å². The number of nitrogens with zero attached hydrogens (tertiary/aromatic N) is 3. The second kappa shape index (κ2) is 4.34. The Kier molecular flexibility index (Phi) is 3.06. The molecule has 86 valence electrons. The molecule has 0 radical (unpaired) electrons. The van der Waals surface area contributed by atoms with Crippen molar-refractivity contribution in [3.05, 3.63) is 30.1 Å². The fraction of sp³-hybridized carbons (Fsp3) is 0.417. The summed E-state index contributed by atoms with van der Waals surface area (Å²) < 4.78 is 2.04. The van der Waals surface area contributed by atoms with E-state index in [2.05, 4.69) is 23.7 Å². The number of hydrogen-bond donors (Lipinski definition) is 0. The monoisotopic (exact) mass is 237 g/mol. The van der Waals surface area contributed by atoms with Crippen molar-refractivity contribution >= 4 is 23.1 Å². The highest BCUT2D eigenvalue weighted by molar-refractivity contribution is 6.17. The van der Waals surface area contributed by atoms with Crippen LogP contribution in [0.15, 0.2) is 24.4 Å². The number of halogens is 1. The number of imidazole rings is 1. The summed E-state index contributed by atoms with van der Waals surface area (Å²) in [4.78, 5) is 6.75. The average Bonchev–Trinajstić information content (AvgIpc) is 2.65. The van der Waals surface area contributed by atoms with Gasteiger partial charge in [0.05, 0.1) is 11.6 Å². The van der Waals surface area contributed by atoms with E-state index in [1.807, 2.05) is 35.8 Å². The van der Waals surface area contributed by atoms with Crippen molar-refractivity contribution in [2.75, 3.05) is 11.9 Å². The lowest BCUT2D eigenvalue weighted by molar-refractivity contribution is 0.742. The van der Waals surface area contributed by atoms with Crippen molar-refractivity contribution in [3.63, 3.8) is 0 Å². The SMILES string of the molecule is CC(C)N(C)c1nc2ccccn2c1CCl. The molecule has 0 spiro atoms. The molecule has 2 aromatic rings. The quantitative estimate of drug-likeness (QED) is 0.766. The predicted molar refractivity (Wildman–Crippen MR) is 68.3 cm³/mol. The molecule has 4 heteroatoms. The molecule has 0 saturated carbocycles. The van der Waals surface area contributed by atoms with Crippen LogP contribution in [-0.2, 0) is 5.88 Å². The molecule has 0 aliphatic rings. The summed E-state index contributed by atoms with van der Waals surface area (Å²) in [5.74, 6) is 1.44. The Morgan fingerprint density at radius 2 is 2.19 bits per heavy atom. The first-order valence-corrected chi connectivity index (χ1v) is 5.93. The smallest absolute Gasteiger partial charge is 0.152 e. The number of aromatic nitrogens is 2. The Morgan fingerprint density at radius 1 is 1.44 bits per heavy atom. The maximum absolute atomic E-state index is 6.01. The van der Waals surface area contributed by atoms with E-state index in [1.54, 1.807) is 0 Å².